The first-order valence-electron chi connectivity index (χ1n) is 8.64. The van der Waals surface area contributed by atoms with Crippen molar-refractivity contribution >= 4 is 5.78 Å². The number of hydrogen-bond donors (Lipinski definition) is 2. The van der Waals surface area contributed by atoms with Crippen LogP contribution in [0.3, 0.4) is 0 Å². The van der Waals surface area contributed by atoms with Gasteiger partial charge in [0.25, 0.3) is 0 Å². The van der Waals surface area contributed by atoms with E-state index in [0.717, 1.165) is 0 Å². The molecule has 2 N–H and O–H groups in total. The Labute approximate surface area is 155 Å². The van der Waals surface area contributed by atoms with Crippen LogP contribution >= 0.6 is 0 Å². The highest BCUT2D eigenvalue weighted by molar-refractivity contribution is 6.10. The summed E-state index contributed by atoms with van der Waals surface area (Å²) in [6.45, 7) is 6.55. The highest BCUT2D eigenvalue weighted by Crippen LogP contribution is 2.27. The van der Waals surface area contributed by atoms with Gasteiger partial charge in [0.1, 0.15) is 24.2 Å². The van der Waals surface area contributed by atoms with E-state index in [1.54, 1.807) is 37.4 Å². The highest BCUT2D eigenvalue weighted by atomic mass is 16.5. The molecule has 2 aromatic carbocycles. The van der Waals surface area contributed by atoms with Gasteiger partial charge in [-0.1, -0.05) is 30.3 Å². The van der Waals surface area contributed by atoms with E-state index in [9.17, 15) is 9.90 Å². The van der Waals surface area contributed by atoms with E-state index in [1.807, 2.05) is 39.0 Å². The summed E-state index contributed by atoms with van der Waals surface area (Å²) in [5, 5.41) is 13.4. The van der Waals surface area contributed by atoms with Gasteiger partial charge >= 0.3 is 0 Å². The lowest BCUT2D eigenvalue weighted by atomic mass is 10.0. The minimum atomic E-state index is -0.694. The minimum Gasteiger partial charge on any atom is -0.497 e. The van der Waals surface area contributed by atoms with E-state index < -0.39 is 6.10 Å². The summed E-state index contributed by atoms with van der Waals surface area (Å²) in [4.78, 5) is 12.8. The van der Waals surface area contributed by atoms with E-state index in [4.69, 9.17) is 9.47 Å². The van der Waals surface area contributed by atoms with E-state index in [-0.39, 0.29) is 17.9 Å². The van der Waals surface area contributed by atoms with Crippen molar-refractivity contribution in [2.24, 2.45) is 0 Å². The molecule has 0 radical (unpaired) electrons. The van der Waals surface area contributed by atoms with Gasteiger partial charge in [-0.25, -0.2) is 0 Å². The number of carbonyl (C=O) groups excluding carboxylic acids is 1. The molecule has 0 fully saturated rings. The van der Waals surface area contributed by atoms with Crippen LogP contribution < -0.4 is 14.8 Å². The van der Waals surface area contributed by atoms with Gasteiger partial charge in [-0.15, -0.1) is 0 Å². The molecule has 5 nitrogen and oxygen atoms in total. The molecule has 26 heavy (non-hydrogen) atoms. The number of β-amino-alcohol motifs (C(OH)–C–C–N with tert-alkyl or cyclic N) is 1. The van der Waals surface area contributed by atoms with Crippen molar-refractivity contribution < 1.29 is 19.4 Å². The topological polar surface area (TPSA) is 67.8 Å². The van der Waals surface area contributed by atoms with Gasteiger partial charge in [0.2, 0.25) is 0 Å². The van der Waals surface area contributed by atoms with Crippen molar-refractivity contribution in [1.82, 2.24) is 5.32 Å². The zero-order valence-electron chi connectivity index (χ0n) is 15.8. The number of aliphatic hydroxyl groups is 1. The van der Waals surface area contributed by atoms with Crippen molar-refractivity contribution in [1.29, 1.82) is 0 Å². The van der Waals surface area contributed by atoms with Gasteiger partial charge in [0.15, 0.2) is 5.78 Å². The van der Waals surface area contributed by atoms with E-state index >= 15 is 0 Å². The quantitative estimate of drug-likeness (QED) is 0.711. The Morgan fingerprint density at radius 3 is 2.46 bits per heavy atom. The van der Waals surface area contributed by atoms with Crippen LogP contribution in [0.15, 0.2) is 48.5 Å². The third-order valence-electron chi connectivity index (χ3n) is 3.77. The van der Waals surface area contributed by atoms with E-state index in [2.05, 4.69) is 5.32 Å². The molecule has 0 saturated heterocycles. The SMILES string of the molecule is COc1ccc(C(=O)c2ccccc2)c(OC[C@H](O)CNC(C)(C)C)c1. The van der Waals surface area contributed by atoms with Crippen molar-refractivity contribution in [3.05, 3.63) is 59.7 Å². The number of ether oxygens (including phenoxy) is 2. The second-order valence-corrected chi connectivity index (χ2v) is 7.15. The zero-order valence-corrected chi connectivity index (χ0v) is 15.8. The molecule has 0 spiro atoms. The van der Waals surface area contributed by atoms with Crippen LogP contribution in [-0.2, 0) is 0 Å². The third kappa shape index (κ3) is 5.86. The van der Waals surface area contributed by atoms with Crippen LogP contribution in [-0.4, -0.2) is 42.8 Å². The molecule has 5 heteroatoms. The lowest BCUT2D eigenvalue weighted by Crippen LogP contribution is -2.42. The number of rotatable bonds is 8. The van der Waals surface area contributed by atoms with Crippen molar-refractivity contribution in [2.45, 2.75) is 32.4 Å². The number of ketones is 1. The summed E-state index contributed by atoms with van der Waals surface area (Å²) in [5.74, 6) is 0.852. The normalized spacial score (nSPS) is 12.5. The van der Waals surface area contributed by atoms with Crippen molar-refractivity contribution in [2.75, 3.05) is 20.3 Å². The number of nitrogens with one attached hydrogen (secondary N) is 1. The Morgan fingerprint density at radius 2 is 1.85 bits per heavy atom. The van der Waals surface area contributed by atoms with E-state index in [0.29, 0.717) is 29.2 Å². The predicted octanol–water partition coefficient (Wildman–Crippen LogP) is 3.05. The van der Waals surface area contributed by atoms with Gasteiger partial charge in [-0.05, 0) is 32.9 Å². The monoisotopic (exact) mass is 357 g/mol. The molecule has 0 amide bonds. The lowest BCUT2D eigenvalue weighted by Gasteiger charge is -2.23. The highest BCUT2D eigenvalue weighted by Gasteiger charge is 2.18. The Kier molecular flexibility index (Phi) is 6.77. The molecule has 0 aliphatic carbocycles. The fourth-order valence-electron chi connectivity index (χ4n) is 2.35. The third-order valence-corrected chi connectivity index (χ3v) is 3.77. The summed E-state index contributed by atoms with van der Waals surface area (Å²) in [6, 6.07) is 14.1. The second kappa shape index (κ2) is 8.83. The maximum Gasteiger partial charge on any atom is 0.196 e. The minimum absolute atomic E-state index is 0.0747. The molecule has 0 saturated carbocycles. The van der Waals surface area contributed by atoms with Crippen LogP contribution in [0.25, 0.3) is 0 Å². The molecule has 1 atom stereocenters. The summed E-state index contributed by atoms with van der Waals surface area (Å²) < 4.78 is 11.0. The fourth-order valence-corrected chi connectivity index (χ4v) is 2.35. The predicted molar refractivity (Wildman–Crippen MR) is 102 cm³/mol. The molecule has 0 unspecified atom stereocenters. The second-order valence-electron chi connectivity index (χ2n) is 7.15. The van der Waals surface area contributed by atoms with E-state index in [1.165, 1.54) is 0 Å². The maximum absolute atomic E-state index is 12.8. The molecule has 0 aliphatic rings. The number of carbonyl (C=O) groups is 1. The Balaban J connectivity index is 2.14. The zero-order chi connectivity index (χ0) is 19.2. The Morgan fingerprint density at radius 1 is 1.15 bits per heavy atom. The maximum atomic E-state index is 12.8. The molecule has 2 rings (SSSR count). The first-order valence-corrected chi connectivity index (χ1v) is 8.64. The first kappa shape index (κ1) is 19.9. The molecule has 0 aliphatic heterocycles. The van der Waals surface area contributed by atoms with Crippen LogP contribution in [0.1, 0.15) is 36.7 Å². The molecular weight excluding hydrogens is 330 g/mol. The number of benzene rings is 2. The molecule has 0 bridgehead atoms. The molecular formula is C21H27NO4. The largest absolute Gasteiger partial charge is 0.497 e. The molecule has 0 heterocycles. The first-order chi connectivity index (χ1) is 12.3. The standard InChI is InChI=1S/C21H27NO4/c1-21(2,3)22-13-16(23)14-26-19-12-17(25-4)10-11-18(19)20(24)15-8-6-5-7-9-15/h5-12,16,22-23H,13-14H2,1-4H3/t16-/m1/s1. The summed E-state index contributed by atoms with van der Waals surface area (Å²) in [7, 11) is 1.56. The summed E-state index contributed by atoms with van der Waals surface area (Å²) in [5.41, 5.74) is 0.927. The van der Waals surface area contributed by atoms with Crippen LogP contribution in [0.4, 0.5) is 0 Å². The Hall–Kier alpha value is -2.37. The van der Waals surface area contributed by atoms with Gasteiger partial charge in [-0.2, -0.15) is 0 Å². The summed E-state index contributed by atoms with van der Waals surface area (Å²) >= 11 is 0. The van der Waals surface area contributed by atoms with Gasteiger partial charge in [-0.3, -0.25) is 4.79 Å². The molecule has 140 valence electrons. The van der Waals surface area contributed by atoms with Crippen LogP contribution in [0.5, 0.6) is 11.5 Å². The lowest BCUT2D eigenvalue weighted by molar-refractivity contribution is 0.0958. The Bertz CT molecular complexity index is 723. The van der Waals surface area contributed by atoms with Gasteiger partial charge in [0.05, 0.1) is 12.7 Å². The number of aliphatic hydroxyl groups excluding tert-OH is 1. The molecule has 2 aromatic rings. The molecule has 0 aromatic heterocycles. The average molecular weight is 357 g/mol. The van der Waals surface area contributed by atoms with Crippen LogP contribution in [0.2, 0.25) is 0 Å². The van der Waals surface area contributed by atoms with Gasteiger partial charge in [0, 0.05) is 23.7 Å². The number of hydrogen-bond acceptors (Lipinski definition) is 5. The van der Waals surface area contributed by atoms with Crippen molar-refractivity contribution in [3.8, 4) is 11.5 Å². The van der Waals surface area contributed by atoms with Gasteiger partial charge < -0.3 is 19.9 Å². The van der Waals surface area contributed by atoms with Crippen molar-refractivity contribution in [3.63, 3.8) is 0 Å². The average Bonchev–Trinajstić information content (AvgIpc) is 2.64. The number of methoxy groups -OCH3 is 1. The smallest absolute Gasteiger partial charge is 0.196 e. The summed E-state index contributed by atoms with van der Waals surface area (Å²) in [6.07, 6.45) is -0.694. The van der Waals surface area contributed by atoms with Crippen LogP contribution in [0, 0.1) is 0 Å². The fraction of sp³-hybridized carbons (Fsp3) is 0.381.